The van der Waals surface area contributed by atoms with Crippen molar-refractivity contribution in [2.75, 3.05) is 12.4 Å². The molecule has 0 atom stereocenters. The Bertz CT molecular complexity index is 410. The van der Waals surface area contributed by atoms with E-state index in [-0.39, 0.29) is 11.4 Å². The van der Waals surface area contributed by atoms with Crippen LogP contribution in [0.5, 0.6) is 0 Å². The van der Waals surface area contributed by atoms with Crippen molar-refractivity contribution in [2.24, 2.45) is 0 Å². The monoisotopic (exact) mass is 235 g/mol. The van der Waals surface area contributed by atoms with Gasteiger partial charge in [-0.15, -0.1) is 0 Å². The van der Waals surface area contributed by atoms with E-state index >= 15 is 0 Å². The summed E-state index contributed by atoms with van der Waals surface area (Å²) in [6.07, 6.45) is 6.19. The average Bonchev–Trinajstić information content (AvgIpc) is 2.33. The molecule has 0 radical (unpaired) electrons. The van der Waals surface area contributed by atoms with Gasteiger partial charge in [0, 0.05) is 11.7 Å². The third-order valence-corrected chi connectivity index (χ3v) is 3.40. The van der Waals surface area contributed by atoms with E-state index in [2.05, 4.69) is 26.9 Å². The zero-order valence-electron chi connectivity index (χ0n) is 10.2. The number of rotatable bonds is 4. The summed E-state index contributed by atoms with van der Waals surface area (Å²) in [7, 11) is 1.32. The van der Waals surface area contributed by atoms with E-state index in [0.717, 1.165) is 19.3 Å². The molecule has 1 aromatic rings. The Morgan fingerprint density at radius 1 is 1.59 bits per heavy atom. The number of nitrogens with zero attached hydrogens (tertiary/aromatic N) is 2. The summed E-state index contributed by atoms with van der Waals surface area (Å²) in [5.74, 6) is 0.290. The van der Waals surface area contributed by atoms with Gasteiger partial charge < -0.3 is 10.1 Å². The molecular weight excluding hydrogens is 218 g/mol. The van der Waals surface area contributed by atoms with Gasteiger partial charge in [-0.2, -0.15) is 0 Å². The molecule has 0 saturated heterocycles. The average molecular weight is 235 g/mol. The predicted octanol–water partition coefficient (Wildman–Crippen LogP) is 2.01. The maximum Gasteiger partial charge on any atom is 0.376 e. The second-order valence-electron chi connectivity index (χ2n) is 4.37. The first kappa shape index (κ1) is 11.8. The van der Waals surface area contributed by atoms with Gasteiger partial charge in [-0.1, -0.05) is 6.92 Å². The topological polar surface area (TPSA) is 64.1 Å². The lowest BCUT2D eigenvalue weighted by Crippen LogP contribution is -2.44. The van der Waals surface area contributed by atoms with Crippen molar-refractivity contribution in [1.29, 1.82) is 0 Å². The van der Waals surface area contributed by atoms with E-state index in [1.807, 2.05) is 0 Å². The number of carbonyl (C=O) groups is 1. The first-order valence-corrected chi connectivity index (χ1v) is 5.89. The molecule has 0 bridgehead atoms. The third-order valence-electron chi connectivity index (χ3n) is 3.40. The number of carbonyl (C=O) groups excluding carboxylic acids is 1. The molecule has 0 aromatic carbocycles. The minimum Gasteiger partial charge on any atom is -0.463 e. The van der Waals surface area contributed by atoms with E-state index in [1.165, 1.54) is 13.5 Å². The highest BCUT2D eigenvalue weighted by Crippen LogP contribution is 2.37. The zero-order chi connectivity index (χ0) is 12.3. The SMILES string of the molecule is CCC1(Nc2ccnc(C(=O)OC)n2)CCC1. The van der Waals surface area contributed by atoms with Gasteiger partial charge in [0.15, 0.2) is 0 Å². The van der Waals surface area contributed by atoms with Gasteiger partial charge >= 0.3 is 5.97 Å². The Morgan fingerprint density at radius 3 is 2.88 bits per heavy atom. The molecule has 1 aliphatic carbocycles. The Labute approximate surface area is 101 Å². The maximum absolute atomic E-state index is 11.3. The predicted molar refractivity (Wildman–Crippen MR) is 63.9 cm³/mol. The van der Waals surface area contributed by atoms with Crippen LogP contribution in [0.3, 0.4) is 0 Å². The maximum atomic E-state index is 11.3. The minimum absolute atomic E-state index is 0.100. The summed E-state index contributed by atoms with van der Waals surface area (Å²) in [6.45, 7) is 2.16. The van der Waals surface area contributed by atoms with Gasteiger partial charge in [0.05, 0.1) is 7.11 Å². The summed E-state index contributed by atoms with van der Waals surface area (Å²) >= 11 is 0. The van der Waals surface area contributed by atoms with E-state index < -0.39 is 5.97 Å². The Hall–Kier alpha value is -1.65. The summed E-state index contributed by atoms with van der Waals surface area (Å²) in [6, 6.07) is 1.78. The van der Waals surface area contributed by atoms with Crippen molar-refractivity contribution >= 4 is 11.8 Å². The fraction of sp³-hybridized carbons (Fsp3) is 0.583. The zero-order valence-corrected chi connectivity index (χ0v) is 10.2. The number of ether oxygens (including phenoxy) is 1. The van der Waals surface area contributed by atoms with Crippen LogP contribution in [-0.4, -0.2) is 28.6 Å². The molecule has 0 aliphatic heterocycles. The van der Waals surface area contributed by atoms with E-state index in [4.69, 9.17) is 0 Å². The van der Waals surface area contributed by atoms with Crippen molar-refractivity contribution in [2.45, 2.75) is 38.1 Å². The third kappa shape index (κ3) is 2.38. The van der Waals surface area contributed by atoms with Gasteiger partial charge in [-0.25, -0.2) is 14.8 Å². The van der Waals surface area contributed by atoms with Crippen molar-refractivity contribution in [3.05, 3.63) is 18.1 Å². The molecule has 17 heavy (non-hydrogen) atoms. The molecule has 1 aromatic heterocycles. The van der Waals surface area contributed by atoms with Crippen LogP contribution >= 0.6 is 0 Å². The van der Waals surface area contributed by atoms with Crippen molar-refractivity contribution in [3.63, 3.8) is 0 Å². The molecule has 0 amide bonds. The molecule has 1 aliphatic rings. The lowest BCUT2D eigenvalue weighted by Gasteiger charge is -2.42. The summed E-state index contributed by atoms with van der Waals surface area (Å²) in [5.41, 5.74) is 0.155. The van der Waals surface area contributed by atoms with Gasteiger partial charge in [-0.3, -0.25) is 0 Å². The summed E-state index contributed by atoms with van der Waals surface area (Å²) in [4.78, 5) is 19.4. The summed E-state index contributed by atoms with van der Waals surface area (Å²) in [5, 5.41) is 3.40. The van der Waals surface area contributed by atoms with Crippen LogP contribution in [0.1, 0.15) is 43.2 Å². The lowest BCUT2D eigenvalue weighted by molar-refractivity contribution is 0.0586. The molecule has 0 unspecified atom stereocenters. The van der Waals surface area contributed by atoms with Crippen molar-refractivity contribution in [3.8, 4) is 0 Å². The standard InChI is InChI=1S/C12H17N3O2/c1-3-12(6-4-7-12)15-9-5-8-13-10(14-9)11(16)17-2/h5,8H,3-4,6-7H2,1-2H3,(H,13,14,15). The van der Waals surface area contributed by atoms with Gasteiger partial charge in [0.2, 0.25) is 5.82 Å². The molecule has 2 rings (SSSR count). The molecule has 92 valence electrons. The minimum atomic E-state index is -0.507. The smallest absolute Gasteiger partial charge is 0.376 e. The number of anilines is 1. The lowest BCUT2D eigenvalue weighted by atomic mass is 9.75. The number of hydrogen-bond acceptors (Lipinski definition) is 5. The Balaban J connectivity index is 2.13. The van der Waals surface area contributed by atoms with E-state index in [9.17, 15) is 4.79 Å². The molecule has 1 heterocycles. The molecule has 0 spiro atoms. The van der Waals surface area contributed by atoms with Crippen LogP contribution in [0.2, 0.25) is 0 Å². The van der Waals surface area contributed by atoms with Gasteiger partial charge in [0.1, 0.15) is 5.82 Å². The van der Waals surface area contributed by atoms with E-state index in [0.29, 0.717) is 5.82 Å². The van der Waals surface area contributed by atoms with Crippen molar-refractivity contribution < 1.29 is 9.53 Å². The second-order valence-corrected chi connectivity index (χ2v) is 4.37. The fourth-order valence-corrected chi connectivity index (χ4v) is 2.06. The Kier molecular flexibility index (Phi) is 3.26. The van der Waals surface area contributed by atoms with Crippen LogP contribution in [-0.2, 0) is 4.74 Å². The number of aromatic nitrogens is 2. The number of esters is 1. The van der Waals surface area contributed by atoms with Gasteiger partial charge in [-0.05, 0) is 31.7 Å². The van der Waals surface area contributed by atoms with Crippen LogP contribution in [0, 0.1) is 0 Å². The quantitative estimate of drug-likeness (QED) is 0.809. The molecular formula is C12H17N3O2. The van der Waals surface area contributed by atoms with Crippen molar-refractivity contribution in [1.82, 2.24) is 9.97 Å². The largest absolute Gasteiger partial charge is 0.463 e. The molecule has 1 saturated carbocycles. The molecule has 1 N–H and O–H groups in total. The molecule has 5 heteroatoms. The number of hydrogen-bond donors (Lipinski definition) is 1. The van der Waals surface area contributed by atoms with Crippen LogP contribution < -0.4 is 5.32 Å². The number of methoxy groups -OCH3 is 1. The first-order valence-electron chi connectivity index (χ1n) is 5.89. The van der Waals surface area contributed by atoms with Gasteiger partial charge in [0.25, 0.3) is 0 Å². The normalized spacial score (nSPS) is 17.1. The van der Waals surface area contributed by atoms with Crippen LogP contribution in [0.25, 0.3) is 0 Å². The second kappa shape index (κ2) is 4.69. The molecule has 1 fully saturated rings. The highest BCUT2D eigenvalue weighted by molar-refractivity contribution is 5.85. The Morgan fingerprint density at radius 2 is 2.35 bits per heavy atom. The highest BCUT2D eigenvalue weighted by atomic mass is 16.5. The fourth-order valence-electron chi connectivity index (χ4n) is 2.06. The van der Waals surface area contributed by atoms with Crippen LogP contribution in [0.4, 0.5) is 5.82 Å². The first-order chi connectivity index (χ1) is 8.19. The molecule has 5 nitrogen and oxygen atoms in total. The number of nitrogens with one attached hydrogen (secondary N) is 1. The van der Waals surface area contributed by atoms with E-state index in [1.54, 1.807) is 12.3 Å². The van der Waals surface area contributed by atoms with Crippen LogP contribution in [0.15, 0.2) is 12.3 Å². The highest BCUT2D eigenvalue weighted by Gasteiger charge is 2.35. The summed E-state index contributed by atoms with van der Waals surface area (Å²) < 4.78 is 4.60.